The van der Waals surface area contributed by atoms with E-state index in [1.807, 2.05) is 12.1 Å². The fourth-order valence-corrected chi connectivity index (χ4v) is 10.6. The number of ether oxygens (including phenoxy) is 1. The van der Waals surface area contributed by atoms with Crippen LogP contribution >= 0.6 is 0 Å². The summed E-state index contributed by atoms with van der Waals surface area (Å²) in [5.41, 5.74) is 3.83. The van der Waals surface area contributed by atoms with E-state index in [1.54, 1.807) is 18.5 Å². The molecule has 6 aliphatic rings. The van der Waals surface area contributed by atoms with Crippen molar-refractivity contribution in [2.24, 2.45) is 11.8 Å². The number of hydrogen-bond acceptors (Lipinski definition) is 11. The van der Waals surface area contributed by atoms with Crippen LogP contribution in [0.1, 0.15) is 88.1 Å². The normalized spacial score (nSPS) is 23.2. The van der Waals surface area contributed by atoms with Crippen LogP contribution in [0.4, 0.5) is 15.9 Å². The van der Waals surface area contributed by atoms with Crippen LogP contribution in [0.25, 0.3) is 22.3 Å². The van der Waals surface area contributed by atoms with Crippen molar-refractivity contribution >= 4 is 40.1 Å². The number of benzene rings is 2. The van der Waals surface area contributed by atoms with Gasteiger partial charge in [0.05, 0.1) is 23.4 Å². The van der Waals surface area contributed by atoms with Gasteiger partial charge < -0.3 is 24.3 Å². The highest BCUT2D eigenvalue weighted by molar-refractivity contribution is 6.05. The third-order valence-electron chi connectivity index (χ3n) is 14.9. The van der Waals surface area contributed by atoms with E-state index >= 15 is 4.39 Å². The van der Waals surface area contributed by atoms with Gasteiger partial charge in [-0.25, -0.2) is 14.4 Å². The predicted molar refractivity (Wildman–Crippen MR) is 230 cm³/mol. The molecule has 7 heterocycles. The van der Waals surface area contributed by atoms with Gasteiger partial charge in [-0.05, 0) is 108 Å². The summed E-state index contributed by atoms with van der Waals surface area (Å²) in [6.45, 7) is 15.8. The third kappa shape index (κ3) is 7.72. The number of aromatic amines is 1. The quantitative estimate of drug-likeness (QED) is 0.199. The molecule has 4 aromatic rings. The van der Waals surface area contributed by atoms with Gasteiger partial charge in [-0.3, -0.25) is 29.7 Å². The Morgan fingerprint density at radius 3 is 2.38 bits per heavy atom. The van der Waals surface area contributed by atoms with Gasteiger partial charge in [-0.1, -0.05) is 0 Å². The van der Waals surface area contributed by atoms with Gasteiger partial charge in [-0.15, -0.1) is 0 Å². The first-order valence-electron chi connectivity index (χ1n) is 22.4. The van der Waals surface area contributed by atoms with Crippen LogP contribution in [0.15, 0.2) is 42.7 Å². The summed E-state index contributed by atoms with van der Waals surface area (Å²) in [4.78, 5) is 57.9. The zero-order chi connectivity index (χ0) is 42.0. The standard InChI is InChI=1S/C46H57FN10O4/c1-45(2,30-12-18-55(19-13-30)39-25-36(48-28-49-39)42-33-24-31(61-46(3)14-15-46)4-6-35(33)51-52-42)56-22-20-53(21-23-56)26-29-10-16-54(17-11-29)37-7-5-32-34(41(37)47)27-57(44(32)60)38-8-9-40(58)50-43(38)59/h4-7,24-25,28-30,38H,8-23,26-27H2,1-3H3,(H,51,52)(H,50,58,59). The van der Waals surface area contributed by atoms with E-state index in [1.165, 1.54) is 4.90 Å². The summed E-state index contributed by atoms with van der Waals surface area (Å²) in [6, 6.07) is 10.9. The molecule has 0 spiro atoms. The van der Waals surface area contributed by atoms with E-state index in [4.69, 9.17) is 9.72 Å². The summed E-state index contributed by atoms with van der Waals surface area (Å²) >= 11 is 0. The van der Waals surface area contributed by atoms with E-state index in [0.29, 0.717) is 28.7 Å². The molecule has 1 aliphatic carbocycles. The molecule has 3 amide bonds. The number of carbonyl (C=O) groups is 3. The van der Waals surface area contributed by atoms with Crippen LogP contribution in [0, 0.1) is 17.7 Å². The number of H-pyrrole nitrogens is 1. The second kappa shape index (κ2) is 15.6. The molecule has 1 unspecified atom stereocenters. The Kier molecular flexibility index (Phi) is 10.2. The van der Waals surface area contributed by atoms with Crippen LogP contribution in [0.5, 0.6) is 5.75 Å². The van der Waals surface area contributed by atoms with E-state index in [9.17, 15) is 14.4 Å². The molecule has 61 heavy (non-hydrogen) atoms. The topological polar surface area (TPSA) is 143 Å². The Morgan fingerprint density at radius 1 is 0.885 bits per heavy atom. The molecule has 2 aromatic heterocycles. The third-order valence-corrected chi connectivity index (χ3v) is 14.9. The molecule has 4 saturated heterocycles. The summed E-state index contributed by atoms with van der Waals surface area (Å²) in [5.74, 6) is 1.41. The van der Waals surface area contributed by atoms with Crippen molar-refractivity contribution in [2.45, 2.75) is 95.9 Å². The maximum atomic E-state index is 16.0. The molecule has 14 nitrogen and oxygen atoms in total. The lowest BCUT2D eigenvalue weighted by molar-refractivity contribution is -0.136. The average Bonchev–Trinajstić information content (AvgIpc) is 3.68. The van der Waals surface area contributed by atoms with Crippen LogP contribution in [0.3, 0.4) is 0 Å². The fraction of sp³-hybridized carbons (Fsp3) is 0.565. The van der Waals surface area contributed by atoms with Gasteiger partial charge in [-0.2, -0.15) is 5.10 Å². The monoisotopic (exact) mass is 832 g/mol. The maximum Gasteiger partial charge on any atom is 0.255 e. The number of rotatable bonds is 10. The minimum atomic E-state index is -0.755. The zero-order valence-corrected chi connectivity index (χ0v) is 35.6. The first-order valence-corrected chi connectivity index (χ1v) is 22.4. The van der Waals surface area contributed by atoms with Gasteiger partial charge >= 0.3 is 0 Å². The number of hydrogen-bond donors (Lipinski definition) is 2. The molecule has 2 N–H and O–H groups in total. The predicted octanol–water partition coefficient (Wildman–Crippen LogP) is 5.38. The number of piperidine rings is 3. The highest BCUT2D eigenvalue weighted by Crippen LogP contribution is 2.41. The van der Waals surface area contributed by atoms with Crippen molar-refractivity contribution in [3.05, 3.63) is 59.7 Å². The molecular weight excluding hydrogens is 776 g/mol. The molecule has 0 bridgehead atoms. The number of carbonyl (C=O) groups excluding carboxylic acids is 3. The highest BCUT2D eigenvalue weighted by Gasteiger charge is 2.43. The lowest BCUT2D eigenvalue weighted by Gasteiger charge is -2.50. The Morgan fingerprint density at radius 2 is 1.64 bits per heavy atom. The van der Waals surface area contributed by atoms with Crippen LogP contribution in [-0.2, 0) is 16.1 Å². The summed E-state index contributed by atoms with van der Waals surface area (Å²) in [5, 5.41) is 11.1. The number of halogens is 1. The lowest BCUT2D eigenvalue weighted by Crippen LogP contribution is -2.59. The largest absolute Gasteiger partial charge is 0.488 e. The number of nitrogens with zero attached hydrogens (tertiary/aromatic N) is 8. The Hall–Kier alpha value is -5.15. The molecule has 5 aliphatic heterocycles. The number of anilines is 2. The van der Waals surface area contributed by atoms with Crippen molar-refractivity contribution in [3.63, 3.8) is 0 Å². The number of nitrogens with one attached hydrogen (secondary N) is 2. The van der Waals surface area contributed by atoms with Crippen LogP contribution in [0.2, 0.25) is 0 Å². The number of fused-ring (bicyclic) bond motifs is 2. The smallest absolute Gasteiger partial charge is 0.255 e. The first kappa shape index (κ1) is 40.0. The van der Waals surface area contributed by atoms with Gasteiger partial charge in [0.1, 0.15) is 35.2 Å². The van der Waals surface area contributed by atoms with Crippen molar-refractivity contribution in [3.8, 4) is 17.1 Å². The summed E-state index contributed by atoms with van der Waals surface area (Å²) < 4.78 is 22.3. The summed E-state index contributed by atoms with van der Waals surface area (Å²) in [6.07, 6.45) is 8.45. The minimum Gasteiger partial charge on any atom is -0.488 e. The Labute approximate surface area is 356 Å². The van der Waals surface area contributed by atoms with Gasteiger partial charge in [0.25, 0.3) is 5.91 Å². The van der Waals surface area contributed by atoms with Gasteiger partial charge in [0.2, 0.25) is 11.8 Å². The fourth-order valence-electron chi connectivity index (χ4n) is 10.6. The number of amides is 3. The van der Waals surface area contributed by atoms with Crippen LogP contribution in [-0.4, -0.2) is 129 Å². The molecule has 5 fully saturated rings. The second-order valence-electron chi connectivity index (χ2n) is 19.1. The maximum absolute atomic E-state index is 16.0. The van der Waals surface area contributed by atoms with Crippen molar-refractivity contribution in [2.75, 3.05) is 68.7 Å². The van der Waals surface area contributed by atoms with Crippen molar-refractivity contribution in [1.82, 2.24) is 40.2 Å². The van der Waals surface area contributed by atoms with E-state index in [2.05, 4.69) is 73.0 Å². The molecule has 1 saturated carbocycles. The molecule has 0 radical (unpaired) electrons. The molecule has 1 atom stereocenters. The molecule has 322 valence electrons. The lowest BCUT2D eigenvalue weighted by atomic mass is 9.78. The van der Waals surface area contributed by atoms with Crippen molar-refractivity contribution in [1.29, 1.82) is 0 Å². The first-order chi connectivity index (χ1) is 29.4. The van der Waals surface area contributed by atoms with E-state index in [0.717, 1.165) is 131 Å². The van der Waals surface area contributed by atoms with E-state index < -0.39 is 11.9 Å². The SMILES string of the molecule is CC1(Oc2ccc3[nH]nc(-c4cc(N5CCC(C(C)(C)N6CCN(CC7CCN(c8ccc9c(c8F)CN(C8CCC(=O)NC8=O)C9=O)CC7)CC6)CC5)ncn4)c3c2)CC1. The van der Waals surface area contributed by atoms with Crippen molar-refractivity contribution < 1.29 is 23.5 Å². The summed E-state index contributed by atoms with van der Waals surface area (Å²) in [7, 11) is 0. The highest BCUT2D eigenvalue weighted by atomic mass is 19.1. The average molecular weight is 833 g/mol. The number of aromatic nitrogens is 4. The van der Waals surface area contributed by atoms with Gasteiger partial charge in [0.15, 0.2) is 5.82 Å². The van der Waals surface area contributed by atoms with E-state index in [-0.39, 0.29) is 48.2 Å². The number of piperazine rings is 1. The zero-order valence-electron chi connectivity index (χ0n) is 35.6. The second-order valence-corrected chi connectivity index (χ2v) is 19.1. The molecular formula is C46H57FN10O4. The molecule has 2 aromatic carbocycles. The number of imide groups is 1. The molecule has 15 heteroatoms. The molecule has 10 rings (SSSR count). The minimum absolute atomic E-state index is 0.0465. The van der Waals surface area contributed by atoms with Gasteiger partial charge in [0, 0.05) is 93.4 Å². The Balaban J connectivity index is 0.692. The van der Waals surface area contributed by atoms with Crippen LogP contribution < -0.4 is 19.9 Å². The Bertz CT molecular complexity index is 2340.